The fourth-order valence-electron chi connectivity index (χ4n) is 1.70. The number of benzene rings is 1. The topological polar surface area (TPSA) is 70.6 Å². The highest BCUT2D eigenvalue weighted by molar-refractivity contribution is 7.80. The molecule has 1 amide bonds. The maximum Gasteiger partial charge on any atom is 0.262 e. The number of aliphatic hydroxyl groups excluding tert-OH is 1. The van der Waals surface area contributed by atoms with E-state index in [1.54, 1.807) is 12.1 Å². The normalized spacial score (nSPS) is 23.1. The van der Waals surface area contributed by atoms with Gasteiger partial charge in [0.05, 0.1) is 6.10 Å². The van der Waals surface area contributed by atoms with Gasteiger partial charge in [-0.1, -0.05) is 18.2 Å². The van der Waals surface area contributed by atoms with Crippen LogP contribution in [0.1, 0.15) is 6.42 Å². The van der Waals surface area contributed by atoms with Crippen LogP contribution in [0.25, 0.3) is 0 Å². The second-order valence-corrected chi connectivity index (χ2v) is 4.40. The zero-order valence-corrected chi connectivity index (χ0v) is 10.4. The molecule has 0 radical (unpaired) electrons. The van der Waals surface area contributed by atoms with Gasteiger partial charge >= 0.3 is 0 Å². The number of rotatable bonds is 2. The molecule has 1 aromatic rings. The van der Waals surface area contributed by atoms with E-state index in [4.69, 9.17) is 17.0 Å². The third-order valence-electron chi connectivity index (χ3n) is 2.58. The molecular weight excluding hydrogens is 252 g/mol. The zero-order valence-electron chi connectivity index (χ0n) is 9.63. The summed E-state index contributed by atoms with van der Waals surface area (Å²) in [6.45, 7) is 0.281. The van der Waals surface area contributed by atoms with Gasteiger partial charge in [0.1, 0.15) is 11.8 Å². The van der Waals surface area contributed by atoms with Crippen molar-refractivity contribution in [3.8, 4) is 5.75 Å². The van der Waals surface area contributed by atoms with Gasteiger partial charge in [0.15, 0.2) is 0 Å². The van der Waals surface area contributed by atoms with Crippen LogP contribution in [-0.2, 0) is 4.79 Å². The van der Waals surface area contributed by atoms with Crippen molar-refractivity contribution in [3.63, 3.8) is 0 Å². The summed E-state index contributed by atoms with van der Waals surface area (Å²) in [7, 11) is 0. The lowest BCUT2D eigenvalue weighted by Crippen LogP contribution is -2.55. The van der Waals surface area contributed by atoms with Crippen LogP contribution < -0.4 is 15.4 Å². The fraction of sp³-hybridized carbons (Fsp3) is 0.333. The van der Waals surface area contributed by atoms with Crippen molar-refractivity contribution in [3.05, 3.63) is 30.3 Å². The zero-order chi connectivity index (χ0) is 13.0. The maximum atomic E-state index is 11.5. The largest absolute Gasteiger partial charge is 0.432 e. The minimum Gasteiger partial charge on any atom is -0.432 e. The summed E-state index contributed by atoms with van der Waals surface area (Å²) in [4.78, 5) is 11.5. The van der Waals surface area contributed by atoms with Crippen molar-refractivity contribution in [2.24, 2.45) is 0 Å². The van der Waals surface area contributed by atoms with Crippen molar-refractivity contribution in [2.75, 3.05) is 6.54 Å². The highest BCUT2D eigenvalue weighted by Gasteiger charge is 2.28. The Morgan fingerprint density at radius 2 is 2.17 bits per heavy atom. The highest BCUT2D eigenvalue weighted by Crippen LogP contribution is 2.10. The predicted molar refractivity (Wildman–Crippen MR) is 70.2 cm³/mol. The van der Waals surface area contributed by atoms with Crippen LogP contribution >= 0.6 is 12.2 Å². The Morgan fingerprint density at radius 3 is 2.89 bits per heavy atom. The molecule has 0 aromatic heterocycles. The summed E-state index contributed by atoms with van der Waals surface area (Å²) in [5, 5.41) is 15.0. The number of β-amino-alcohol motifs (C(OH)–C–C–N with tert-alkyl or cyclic N) is 1. The third-order valence-corrected chi connectivity index (χ3v) is 2.78. The van der Waals surface area contributed by atoms with Crippen LogP contribution in [0.5, 0.6) is 5.75 Å². The van der Waals surface area contributed by atoms with E-state index in [0.717, 1.165) is 0 Å². The third kappa shape index (κ3) is 3.41. The van der Waals surface area contributed by atoms with Crippen molar-refractivity contribution in [2.45, 2.75) is 18.6 Å². The molecule has 0 unspecified atom stereocenters. The summed E-state index contributed by atoms with van der Waals surface area (Å²) in [6.07, 6.45) is -0.232. The summed E-state index contributed by atoms with van der Waals surface area (Å²) in [5.41, 5.74) is 0. The molecule has 6 heteroatoms. The average Bonchev–Trinajstić information content (AvgIpc) is 2.35. The van der Waals surface area contributed by atoms with Crippen LogP contribution in [0.4, 0.5) is 0 Å². The van der Waals surface area contributed by atoms with E-state index in [1.807, 2.05) is 18.2 Å². The molecule has 96 valence electrons. The molecule has 0 aliphatic carbocycles. The second-order valence-electron chi connectivity index (χ2n) is 4.03. The number of hydrogen-bond donors (Lipinski definition) is 3. The maximum absolute atomic E-state index is 11.5. The smallest absolute Gasteiger partial charge is 0.262 e. The summed E-state index contributed by atoms with van der Waals surface area (Å²) < 4.78 is 5.36. The van der Waals surface area contributed by atoms with E-state index in [2.05, 4.69) is 10.6 Å². The van der Waals surface area contributed by atoms with Gasteiger partial charge in [0, 0.05) is 13.0 Å². The first-order valence-corrected chi connectivity index (χ1v) is 6.05. The van der Waals surface area contributed by atoms with E-state index in [9.17, 15) is 9.90 Å². The van der Waals surface area contributed by atoms with Crippen molar-refractivity contribution < 1.29 is 14.6 Å². The number of piperidine rings is 1. The molecule has 1 aromatic carbocycles. The van der Waals surface area contributed by atoms with Crippen LogP contribution in [0, 0.1) is 0 Å². The van der Waals surface area contributed by atoms with Crippen molar-refractivity contribution in [1.29, 1.82) is 0 Å². The number of carbonyl (C=O) groups is 1. The summed E-state index contributed by atoms with van der Waals surface area (Å²) >= 11 is 5.01. The first kappa shape index (κ1) is 12.8. The molecule has 0 saturated carbocycles. The molecule has 1 aliphatic rings. The predicted octanol–water partition coefficient (Wildman–Crippen LogP) is 0.189. The number of para-hydroxylation sites is 1. The quantitative estimate of drug-likeness (QED) is 0.667. The minimum absolute atomic E-state index is 0.121. The monoisotopic (exact) mass is 266 g/mol. The Labute approximate surface area is 110 Å². The fourth-order valence-corrected chi connectivity index (χ4v) is 1.93. The molecule has 1 heterocycles. The molecule has 0 bridgehead atoms. The van der Waals surface area contributed by atoms with Gasteiger partial charge in [-0.05, 0) is 24.4 Å². The average molecular weight is 266 g/mol. The highest BCUT2D eigenvalue weighted by atomic mass is 32.1. The second kappa shape index (κ2) is 5.79. The van der Waals surface area contributed by atoms with Gasteiger partial charge in [-0.2, -0.15) is 0 Å². The molecular formula is C12H14N2O3S. The number of thiocarbonyl (C=S) groups is 1. The van der Waals surface area contributed by atoms with Crippen LogP contribution in [-0.4, -0.2) is 34.9 Å². The van der Waals surface area contributed by atoms with Gasteiger partial charge in [-0.15, -0.1) is 0 Å². The molecule has 5 nitrogen and oxygen atoms in total. The lowest BCUT2D eigenvalue weighted by Gasteiger charge is -2.27. The van der Waals surface area contributed by atoms with E-state index >= 15 is 0 Å². The number of ether oxygens (including phenoxy) is 1. The van der Waals surface area contributed by atoms with Gasteiger partial charge in [-0.3, -0.25) is 4.79 Å². The molecule has 1 fully saturated rings. The van der Waals surface area contributed by atoms with Gasteiger partial charge in [0.25, 0.3) is 5.17 Å². The summed E-state index contributed by atoms with van der Waals surface area (Å²) in [6, 6.07) is 8.51. The van der Waals surface area contributed by atoms with Crippen LogP contribution in [0.3, 0.4) is 0 Å². The van der Waals surface area contributed by atoms with Gasteiger partial charge in [0.2, 0.25) is 5.91 Å². The SMILES string of the molecule is O=C1NC[C@H](O)C[C@@H]1NC(=S)Oc1ccccc1. The number of hydrogen-bond acceptors (Lipinski definition) is 4. The molecule has 2 rings (SSSR count). The molecule has 1 saturated heterocycles. The number of nitrogens with one attached hydrogen (secondary N) is 2. The molecule has 18 heavy (non-hydrogen) atoms. The van der Waals surface area contributed by atoms with E-state index < -0.39 is 12.1 Å². The first-order chi connectivity index (χ1) is 8.65. The van der Waals surface area contributed by atoms with Crippen LogP contribution in [0.2, 0.25) is 0 Å². The molecule has 0 spiro atoms. The number of amides is 1. The number of aliphatic hydroxyl groups is 1. The Bertz CT molecular complexity index is 438. The minimum atomic E-state index is -0.556. The number of carbonyl (C=O) groups excluding carboxylic acids is 1. The van der Waals surface area contributed by atoms with Crippen molar-refractivity contribution >= 4 is 23.3 Å². The lowest BCUT2D eigenvalue weighted by molar-refractivity contribution is -0.126. The Morgan fingerprint density at radius 1 is 1.44 bits per heavy atom. The first-order valence-electron chi connectivity index (χ1n) is 5.64. The Balaban J connectivity index is 1.89. The van der Waals surface area contributed by atoms with Crippen LogP contribution in [0.15, 0.2) is 30.3 Å². The molecule has 2 atom stereocenters. The van der Waals surface area contributed by atoms with Crippen molar-refractivity contribution in [1.82, 2.24) is 10.6 Å². The van der Waals surface area contributed by atoms with E-state index in [-0.39, 0.29) is 17.6 Å². The Kier molecular flexibility index (Phi) is 4.11. The van der Waals surface area contributed by atoms with E-state index in [1.165, 1.54) is 0 Å². The lowest BCUT2D eigenvalue weighted by atomic mass is 10.0. The summed E-state index contributed by atoms with van der Waals surface area (Å²) in [5.74, 6) is 0.422. The van der Waals surface area contributed by atoms with E-state index in [0.29, 0.717) is 12.2 Å². The van der Waals surface area contributed by atoms with Gasteiger partial charge < -0.3 is 20.5 Å². The van der Waals surface area contributed by atoms with Gasteiger partial charge in [-0.25, -0.2) is 0 Å². The Hall–Kier alpha value is -1.66. The molecule has 3 N–H and O–H groups in total. The standard InChI is InChI=1S/C12H14N2O3S/c15-8-6-10(11(16)13-7-8)14-12(18)17-9-4-2-1-3-5-9/h1-5,8,10,15H,6-7H2,(H,13,16)(H,14,18)/t8-,10+/m1/s1. The molecule has 1 aliphatic heterocycles.